The van der Waals surface area contributed by atoms with Crippen molar-refractivity contribution in [2.45, 2.75) is 38.3 Å². The van der Waals surface area contributed by atoms with Crippen LogP contribution in [0.4, 0.5) is 0 Å². The van der Waals surface area contributed by atoms with Gasteiger partial charge in [0.25, 0.3) is 0 Å². The molecule has 1 fully saturated rings. The van der Waals surface area contributed by atoms with Crippen LogP contribution in [0.15, 0.2) is 18.2 Å². The molecular formula is C13H18ClNO. The van der Waals surface area contributed by atoms with E-state index in [4.69, 9.17) is 16.3 Å². The number of rotatable bonds is 3. The molecule has 16 heavy (non-hydrogen) atoms. The maximum atomic E-state index is 6.14. The van der Waals surface area contributed by atoms with Crippen LogP contribution in [0, 0.1) is 6.92 Å². The summed E-state index contributed by atoms with van der Waals surface area (Å²) in [5.74, 6) is 0.814. The van der Waals surface area contributed by atoms with Crippen molar-refractivity contribution < 1.29 is 4.74 Å². The Labute approximate surface area is 102 Å². The average molecular weight is 240 g/mol. The first-order valence-corrected chi connectivity index (χ1v) is 6.17. The normalized spacial score (nSPS) is 24.7. The number of ether oxygens (including phenoxy) is 1. The Morgan fingerprint density at radius 2 is 2.19 bits per heavy atom. The van der Waals surface area contributed by atoms with Crippen molar-refractivity contribution in [2.75, 3.05) is 7.05 Å². The standard InChI is InChI=1S/C13H18ClNO/c1-9-3-6-13(12(14)7-9)16-11-5-4-10(8-11)15-2/h3,6-7,10-11,15H,4-5,8H2,1-2H3. The van der Waals surface area contributed by atoms with Crippen molar-refractivity contribution in [3.05, 3.63) is 28.8 Å². The van der Waals surface area contributed by atoms with Gasteiger partial charge >= 0.3 is 0 Å². The quantitative estimate of drug-likeness (QED) is 0.875. The minimum absolute atomic E-state index is 0.303. The second-order valence-corrected chi connectivity index (χ2v) is 4.88. The van der Waals surface area contributed by atoms with E-state index < -0.39 is 0 Å². The molecule has 0 spiro atoms. The molecule has 2 atom stereocenters. The molecule has 2 rings (SSSR count). The first kappa shape index (κ1) is 11.7. The molecule has 1 aromatic rings. The third-order valence-electron chi connectivity index (χ3n) is 3.17. The van der Waals surface area contributed by atoms with Crippen LogP contribution in [0.1, 0.15) is 24.8 Å². The van der Waals surface area contributed by atoms with Gasteiger partial charge in [-0.05, 0) is 50.9 Å². The van der Waals surface area contributed by atoms with E-state index in [1.807, 2.05) is 32.2 Å². The lowest BCUT2D eigenvalue weighted by Crippen LogP contribution is -2.23. The summed E-state index contributed by atoms with van der Waals surface area (Å²) in [6, 6.07) is 6.53. The highest BCUT2D eigenvalue weighted by molar-refractivity contribution is 6.32. The molecule has 88 valence electrons. The number of hydrogen-bond donors (Lipinski definition) is 1. The highest BCUT2D eigenvalue weighted by atomic mass is 35.5. The molecule has 2 unspecified atom stereocenters. The molecule has 0 amide bonds. The smallest absolute Gasteiger partial charge is 0.138 e. The van der Waals surface area contributed by atoms with E-state index in [0.717, 1.165) is 24.2 Å². The maximum absolute atomic E-state index is 6.14. The Morgan fingerprint density at radius 1 is 1.38 bits per heavy atom. The zero-order valence-electron chi connectivity index (χ0n) is 9.79. The van der Waals surface area contributed by atoms with Crippen LogP contribution >= 0.6 is 11.6 Å². The van der Waals surface area contributed by atoms with Gasteiger partial charge in [-0.25, -0.2) is 0 Å². The predicted molar refractivity (Wildman–Crippen MR) is 67.3 cm³/mol. The van der Waals surface area contributed by atoms with Crippen molar-refractivity contribution in [3.63, 3.8) is 0 Å². The van der Waals surface area contributed by atoms with Crippen LogP contribution in [0.3, 0.4) is 0 Å². The fraction of sp³-hybridized carbons (Fsp3) is 0.538. The molecule has 1 aliphatic rings. The Hall–Kier alpha value is -0.730. The lowest BCUT2D eigenvalue weighted by Gasteiger charge is -2.15. The number of nitrogens with one attached hydrogen (secondary N) is 1. The van der Waals surface area contributed by atoms with Crippen LogP contribution < -0.4 is 10.1 Å². The zero-order chi connectivity index (χ0) is 11.5. The van der Waals surface area contributed by atoms with Gasteiger partial charge in [0.2, 0.25) is 0 Å². The molecule has 1 aromatic carbocycles. The second kappa shape index (κ2) is 5.07. The van der Waals surface area contributed by atoms with Crippen LogP contribution in [0.2, 0.25) is 5.02 Å². The summed E-state index contributed by atoms with van der Waals surface area (Å²) in [7, 11) is 2.01. The third-order valence-corrected chi connectivity index (χ3v) is 3.47. The van der Waals surface area contributed by atoms with Gasteiger partial charge < -0.3 is 10.1 Å². The Kier molecular flexibility index (Phi) is 3.72. The van der Waals surface area contributed by atoms with Gasteiger partial charge in [-0.15, -0.1) is 0 Å². The zero-order valence-corrected chi connectivity index (χ0v) is 10.6. The minimum Gasteiger partial charge on any atom is -0.489 e. The van der Waals surface area contributed by atoms with E-state index >= 15 is 0 Å². The van der Waals surface area contributed by atoms with Gasteiger partial charge in [0.15, 0.2) is 0 Å². The summed E-state index contributed by atoms with van der Waals surface area (Å²) >= 11 is 6.14. The van der Waals surface area contributed by atoms with Gasteiger partial charge in [-0.1, -0.05) is 17.7 Å². The van der Waals surface area contributed by atoms with E-state index in [1.165, 1.54) is 6.42 Å². The molecule has 1 aliphatic carbocycles. The first-order valence-electron chi connectivity index (χ1n) is 5.79. The van der Waals surface area contributed by atoms with Gasteiger partial charge in [-0.3, -0.25) is 0 Å². The fourth-order valence-corrected chi connectivity index (χ4v) is 2.47. The molecule has 3 heteroatoms. The monoisotopic (exact) mass is 239 g/mol. The van der Waals surface area contributed by atoms with Crippen molar-refractivity contribution in [1.29, 1.82) is 0 Å². The molecule has 1 saturated carbocycles. The molecular weight excluding hydrogens is 222 g/mol. The van der Waals surface area contributed by atoms with E-state index in [9.17, 15) is 0 Å². The molecule has 0 bridgehead atoms. The van der Waals surface area contributed by atoms with Crippen molar-refractivity contribution in [2.24, 2.45) is 0 Å². The topological polar surface area (TPSA) is 21.3 Å². The van der Waals surface area contributed by atoms with Gasteiger partial charge in [0, 0.05) is 6.04 Å². The van der Waals surface area contributed by atoms with Crippen molar-refractivity contribution in [3.8, 4) is 5.75 Å². The first-order chi connectivity index (χ1) is 7.69. The number of halogens is 1. The molecule has 1 N–H and O–H groups in total. The number of aryl methyl sites for hydroxylation is 1. The van der Waals surface area contributed by atoms with E-state index in [1.54, 1.807) is 0 Å². The Balaban J connectivity index is 1.99. The Morgan fingerprint density at radius 3 is 2.81 bits per heavy atom. The second-order valence-electron chi connectivity index (χ2n) is 4.47. The molecule has 0 radical (unpaired) electrons. The third kappa shape index (κ3) is 2.69. The summed E-state index contributed by atoms with van der Waals surface area (Å²) in [5.41, 5.74) is 1.16. The number of hydrogen-bond acceptors (Lipinski definition) is 2. The SMILES string of the molecule is CNC1CCC(Oc2ccc(C)cc2Cl)C1. The molecule has 0 aliphatic heterocycles. The molecule has 0 heterocycles. The maximum Gasteiger partial charge on any atom is 0.138 e. The number of benzene rings is 1. The summed E-state index contributed by atoms with van der Waals surface area (Å²) in [5, 5.41) is 4.01. The van der Waals surface area contributed by atoms with Crippen molar-refractivity contribution in [1.82, 2.24) is 5.32 Å². The summed E-state index contributed by atoms with van der Waals surface area (Å²) in [6.45, 7) is 2.03. The van der Waals surface area contributed by atoms with E-state index in [-0.39, 0.29) is 0 Å². The highest BCUT2D eigenvalue weighted by Crippen LogP contribution is 2.30. The molecule has 0 aromatic heterocycles. The summed E-state index contributed by atoms with van der Waals surface area (Å²) in [4.78, 5) is 0. The highest BCUT2D eigenvalue weighted by Gasteiger charge is 2.25. The predicted octanol–water partition coefficient (Wildman–Crippen LogP) is 3.17. The van der Waals surface area contributed by atoms with E-state index in [2.05, 4.69) is 5.32 Å². The van der Waals surface area contributed by atoms with Gasteiger partial charge in [-0.2, -0.15) is 0 Å². The van der Waals surface area contributed by atoms with Gasteiger partial charge in [0.05, 0.1) is 5.02 Å². The average Bonchev–Trinajstić information content (AvgIpc) is 2.70. The lowest BCUT2D eigenvalue weighted by atomic mass is 10.2. The largest absolute Gasteiger partial charge is 0.489 e. The van der Waals surface area contributed by atoms with Crippen LogP contribution in [0.25, 0.3) is 0 Å². The van der Waals surface area contributed by atoms with Crippen LogP contribution in [-0.2, 0) is 0 Å². The minimum atomic E-state index is 0.303. The van der Waals surface area contributed by atoms with Crippen LogP contribution in [0.5, 0.6) is 5.75 Å². The van der Waals surface area contributed by atoms with Gasteiger partial charge in [0.1, 0.15) is 11.9 Å². The lowest BCUT2D eigenvalue weighted by molar-refractivity contribution is 0.207. The molecule has 2 nitrogen and oxygen atoms in total. The summed E-state index contributed by atoms with van der Waals surface area (Å²) in [6.07, 6.45) is 3.67. The summed E-state index contributed by atoms with van der Waals surface area (Å²) < 4.78 is 5.92. The van der Waals surface area contributed by atoms with Crippen LogP contribution in [-0.4, -0.2) is 19.2 Å². The van der Waals surface area contributed by atoms with E-state index in [0.29, 0.717) is 17.2 Å². The fourth-order valence-electron chi connectivity index (χ4n) is 2.19. The molecule has 0 saturated heterocycles. The Bertz CT molecular complexity index is 367. The van der Waals surface area contributed by atoms with Crippen molar-refractivity contribution >= 4 is 11.6 Å².